The van der Waals surface area contributed by atoms with E-state index in [1.807, 2.05) is 41.2 Å². The normalized spacial score (nSPS) is 14.6. The molecule has 0 atom stereocenters. The monoisotopic (exact) mass is 438 g/mol. The molecule has 31 heavy (non-hydrogen) atoms. The summed E-state index contributed by atoms with van der Waals surface area (Å²) in [5, 5.41) is 4.38. The quantitative estimate of drug-likeness (QED) is 0.568. The second kappa shape index (κ2) is 9.03. The van der Waals surface area contributed by atoms with Gasteiger partial charge in [0.1, 0.15) is 0 Å². The van der Waals surface area contributed by atoms with Crippen molar-refractivity contribution in [2.45, 2.75) is 30.8 Å². The van der Waals surface area contributed by atoms with E-state index in [0.29, 0.717) is 31.7 Å². The minimum Gasteiger partial charge on any atom is -0.337 e. The maximum Gasteiger partial charge on any atom is 0.253 e. The molecule has 1 aromatic heterocycles. The second-order valence-corrected chi connectivity index (χ2v) is 9.77. The zero-order valence-electron chi connectivity index (χ0n) is 17.5. The molecule has 1 amide bonds. The highest BCUT2D eigenvalue weighted by Gasteiger charge is 2.27. The highest BCUT2D eigenvalue weighted by molar-refractivity contribution is 7.89. The van der Waals surface area contributed by atoms with Gasteiger partial charge in [-0.15, -0.1) is 0 Å². The van der Waals surface area contributed by atoms with Crippen molar-refractivity contribution in [3.8, 4) is 0 Å². The standard InChI is InChI=1S/C23H26N4O3S/c1-25(16-20-15-24-26(18-20)17-19-7-3-2-4-8-19)23(28)21-9-11-22(12-10-21)31(29,30)27-13-5-6-14-27/h2-4,7-12,15,18H,5-6,13-14,16-17H2,1H3. The Morgan fingerprint density at radius 2 is 1.68 bits per heavy atom. The number of sulfonamides is 1. The largest absolute Gasteiger partial charge is 0.337 e. The lowest BCUT2D eigenvalue weighted by atomic mass is 10.2. The van der Waals surface area contributed by atoms with E-state index < -0.39 is 10.0 Å². The maximum atomic E-state index is 12.8. The Balaban J connectivity index is 1.39. The molecule has 0 radical (unpaired) electrons. The van der Waals surface area contributed by atoms with E-state index in [4.69, 9.17) is 0 Å². The Morgan fingerprint density at radius 1 is 1.00 bits per heavy atom. The number of rotatable bonds is 7. The summed E-state index contributed by atoms with van der Waals surface area (Å²) in [5.74, 6) is -0.166. The van der Waals surface area contributed by atoms with E-state index in [-0.39, 0.29) is 10.8 Å². The molecular formula is C23H26N4O3S. The van der Waals surface area contributed by atoms with Gasteiger partial charge in [0.15, 0.2) is 0 Å². The molecular weight excluding hydrogens is 412 g/mol. The van der Waals surface area contributed by atoms with Crippen molar-refractivity contribution in [1.82, 2.24) is 19.0 Å². The van der Waals surface area contributed by atoms with Gasteiger partial charge in [0.25, 0.3) is 5.91 Å². The summed E-state index contributed by atoms with van der Waals surface area (Å²) in [4.78, 5) is 14.6. The van der Waals surface area contributed by atoms with Crippen LogP contribution in [0, 0.1) is 0 Å². The molecule has 0 N–H and O–H groups in total. The first-order valence-electron chi connectivity index (χ1n) is 10.3. The van der Waals surface area contributed by atoms with Crippen LogP contribution in [0.5, 0.6) is 0 Å². The van der Waals surface area contributed by atoms with Gasteiger partial charge in [-0.2, -0.15) is 9.40 Å². The van der Waals surface area contributed by atoms with Crippen molar-refractivity contribution in [3.63, 3.8) is 0 Å². The van der Waals surface area contributed by atoms with Crippen molar-refractivity contribution in [2.24, 2.45) is 0 Å². The number of benzene rings is 2. The second-order valence-electron chi connectivity index (χ2n) is 7.83. The molecule has 162 valence electrons. The SMILES string of the molecule is CN(Cc1cnn(Cc2ccccc2)c1)C(=O)c1ccc(S(=O)(=O)N2CCCC2)cc1. The number of amides is 1. The molecule has 7 nitrogen and oxygen atoms in total. The fourth-order valence-corrected chi connectivity index (χ4v) is 5.28. The van der Waals surface area contributed by atoms with Gasteiger partial charge in [0, 0.05) is 44.0 Å². The molecule has 0 aliphatic carbocycles. The number of carbonyl (C=O) groups is 1. The molecule has 0 spiro atoms. The molecule has 8 heteroatoms. The average molecular weight is 439 g/mol. The summed E-state index contributed by atoms with van der Waals surface area (Å²) >= 11 is 0. The molecule has 0 bridgehead atoms. The van der Waals surface area contributed by atoms with Gasteiger partial charge in [-0.05, 0) is 42.7 Å². The molecule has 1 aliphatic heterocycles. The predicted octanol–water partition coefficient (Wildman–Crippen LogP) is 2.99. The van der Waals surface area contributed by atoms with Gasteiger partial charge < -0.3 is 4.90 Å². The van der Waals surface area contributed by atoms with Crippen LogP contribution in [-0.2, 0) is 23.1 Å². The first-order valence-corrected chi connectivity index (χ1v) is 11.8. The predicted molar refractivity (Wildman–Crippen MR) is 118 cm³/mol. The van der Waals surface area contributed by atoms with Crippen LogP contribution >= 0.6 is 0 Å². The van der Waals surface area contributed by atoms with Gasteiger partial charge in [-0.1, -0.05) is 30.3 Å². The Kier molecular flexibility index (Phi) is 6.20. The highest BCUT2D eigenvalue weighted by atomic mass is 32.2. The molecule has 1 saturated heterocycles. The van der Waals surface area contributed by atoms with Crippen LogP contribution in [0.25, 0.3) is 0 Å². The molecule has 0 saturated carbocycles. The lowest BCUT2D eigenvalue weighted by Gasteiger charge is -2.18. The summed E-state index contributed by atoms with van der Waals surface area (Å²) in [6.45, 7) is 2.21. The molecule has 4 rings (SSSR count). The molecule has 1 fully saturated rings. The van der Waals surface area contributed by atoms with Crippen LogP contribution < -0.4 is 0 Å². The van der Waals surface area contributed by atoms with Crippen molar-refractivity contribution in [3.05, 3.63) is 83.7 Å². The summed E-state index contributed by atoms with van der Waals surface area (Å²) in [7, 11) is -1.75. The third-order valence-corrected chi connectivity index (χ3v) is 7.36. The summed E-state index contributed by atoms with van der Waals surface area (Å²) in [6.07, 6.45) is 5.48. The van der Waals surface area contributed by atoms with Crippen LogP contribution in [0.15, 0.2) is 71.9 Å². The number of aromatic nitrogens is 2. The van der Waals surface area contributed by atoms with E-state index in [9.17, 15) is 13.2 Å². The summed E-state index contributed by atoms with van der Waals surface area (Å²) < 4.78 is 28.6. The molecule has 0 unspecified atom stereocenters. The van der Waals surface area contributed by atoms with Crippen LogP contribution in [0.2, 0.25) is 0 Å². The fourth-order valence-electron chi connectivity index (χ4n) is 3.76. The average Bonchev–Trinajstić information content (AvgIpc) is 3.47. The van der Waals surface area contributed by atoms with Crippen molar-refractivity contribution < 1.29 is 13.2 Å². The number of hydrogen-bond donors (Lipinski definition) is 0. The Morgan fingerprint density at radius 3 is 2.35 bits per heavy atom. The lowest BCUT2D eigenvalue weighted by molar-refractivity contribution is 0.0785. The molecule has 2 heterocycles. The van der Waals surface area contributed by atoms with Gasteiger partial charge in [-0.25, -0.2) is 8.42 Å². The summed E-state index contributed by atoms with van der Waals surface area (Å²) in [5.41, 5.74) is 2.55. The van der Waals surface area contributed by atoms with Crippen LogP contribution in [0.1, 0.15) is 34.3 Å². The molecule has 2 aromatic carbocycles. The molecule has 1 aliphatic rings. The minimum absolute atomic E-state index is 0.166. The van der Waals surface area contributed by atoms with Gasteiger partial charge in [0.05, 0.1) is 17.6 Å². The zero-order valence-corrected chi connectivity index (χ0v) is 18.3. The smallest absolute Gasteiger partial charge is 0.253 e. The lowest BCUT2D eigenvalue weighted by Crippen LogP contribution is -2.28. The van der Waals surface area contributed by atoms with E-state index in [2.05, 4.69) is 5.10 Å². The summed E-state index contributed by atoms with van der Waals surface area (Å²) in [6, 6.07) is 16.3. The number of nitrogens with zero attached hydrogens (tertiary/aromatic N) is 4. The van der Waals surface area contributed by atoms with Crippen molar-refractivity contribution in [1.29, 1.82) is 0 Å². The molecule has 3 aromatic rings. The van der Waals surface area contributed by atoms with E-state index >= 15 is 0 Å². The van der Waals surface area contributed by atoms with Gasteiger partial charge in [0.2, 0.25) is 10.0 Å². The number of carbonyl (C=O) groups excluding carboxylic acids is 1. The third kappa shape index (κ3) is 4.86. The van der Waals surface area contributed by atoms with E-state index in [1.165, 1.54) is 16.4 Å². The van der Waals surface area contributed by atoms with Crippen molar-refractivity contribution >= 4 is 15.9 Å². The third-order valence-electron chi connectivity index (χ3n) is 5.44. The van der Waals surface area contributed by atoms with Gasteiger partial charge >= 0.3 is 0 Å². The van der Waals surface area contributed by atoms with E-state index in [0.717, 1.165) is 24.0 Å². The first-order chi connectivity index (χ1) is 14.9. The Hall–Kier alpha value is -2.97. The maximum absolute atomic E-state index is 12.8. The topological polar surface area (TPSA) is 75.5 Å². The Labute approximate surface area is 183 Å². The van der Waals surface area contributed by atoms with Crippen LogP contribution in [0.4, 0.5) is 0 Å². The highest BCUT2D eigenvalue weighted by Crippen LogP contribution is 2.21. The van der Waals surface area contributed by atoms with Crippen LogP contribution in [-0.4, -0.2) is 53.4 Å². The minimum atomic E-state index is -3.48. The first kappa shape index (κ1) is 21.3. The Bertz CT molecular complexity index is 1140. The number of hydrogen-bond acceptors (Lipinski definition) is 4. The zero-order chi connectivity index (χ0) is 21.8. The van der Waals surface area contributed by atoms with E-state index in [1.54, 1.807) is 30.3 Å². The van der Waals surface area contributed by atoms with Crippen molar-refractivity contribution in [2.75, 3.05) is 20.1 Å². The van der Waals surface area contributed by atoms with Gasteiger partial charge in [-0.3, -0.25) is 9.48 Å². The van der Waals surface area contributed by atoms with Crippen LogP contribution in [0.3, 0.4) is 0 Å². The fraction of sp³-hybridized carbons (Fsp3) is 0.304.